The van der Waals surface area contributed by atoms with Gasteiger partial charge in [0.25, 0.3) is 5.91 Å². The van der Waals surface area contributed by atoms with Gasteiger partial charge in [0, 0.05) is 37.3 Å². The van der Waals surface area contributed by atoms with Crippen molar-refractivity contribution in [2.75, 3.05) is 20.3 Å². The average molecular weight is 488 g/mol. The van der Waals surface area contributed by atoms with Crippen LogP contribution in [0.25, 0.3) is 10.2 Å². The van der Waals surface area contributed by atoms with Crippen molar-refractivity contribution < 1.29 is 22.7 Å². The van der Waals surface area contributed by atoms with E-state index in [-0.39, 0.29) is 10.9 Å². The van der Waals surface area contributed by atoms with Gasteiger partial charge in [-0.25, -0.2) is 8.42 Å². The van der Waals surface area contributed by atoms with Gasteiger partial charge in [0.1, 0.15) is 13.2 Å². The largest absolute Gasteiger partial charge is 0.486 e. The number of carbonyl (C=O) groups is 1. The van der Waals surface area contributed by atoms with Crippen LogP contribution in [0.5, 0.6) is 11.5 Å². The molecule has 0 spiro atoms. The first-order valence-electron chi connectivity index (χ1n) is 10.4. The number of rotatable bonds is 6. The van der Waals surface area contributed by atoms with E-state index in [1.807, 2.05) is 16.7 Å². The first-order valence-corrected chi connectivity index (χ1v) is 12.7. The zero-order valence-electron chi connectivity index (χ0n) is 18.6. The molecule has 0 unspecified atom stereocenters. The van der Waals surface area contributed by atoms with Gasteiger partial charge in [-0.1, -0.05) is 17.4 Å². The SMILES string of the molecule is C=CCn1c(=NC(=O)c2ccc(S(=O)(=O)N(C)C(C)C)cc2)sc2cc3c(cc21)OCCO3. The van der Waals surface area contributed by atoms with Gasteiger partial charge in [0.05, 0.1) is 15.1 Å². The summed E-state index contributed by atoms with van der Waals surface area (Å²) in [6.45, 7) is 8.84. The highest BCUT2D eigenvalue weighted by Crippen LogP contribution is 2.35. The molecule has 3 aromatic rings. The zero-order chi connectivity index (χ0) is 23.8. The number of nitrogens with zero attached hydrogens (tertiary/aromatic N) is 3. The van der Waals surface area contributed by atoms with E-state index in [0.717, 1.165) is 10.2 Å². The molecule has 0 fully saturated rings. The monoisotopic (exact) mass is 487 g/mol. The molecule has 2 heterocycles. The summed E-state index contributed by atoms with van der Waals surface area (Å²) in [6.07, 6.45) is 1.73. The predicted molar refractivity (Wildman–Crippen MR) is 127 cm³/mol. The Balaban J connectivity index is 1.71. The molecule has 0 aliphatic carbocycles. The number of carbonyl (C=O) groups excluding carboxylic acids is 1. The van der Waals surface area contributed by atoms with Crippen LogP contribution in [0.1, 0.15) is 24.2 Å². The fourth-order valence-corrected chi connectivity index (χ4v) is 5.78. The molecular weight excluding hydrogens is 462 g/mol. The molecule has 10 heteroatoms. The standard InChI is InChI=1S/C23H25N3O5S2/c1-5-10-26-18-13-19-20(31-12-11-30-19)14-21(18)32-23(26)24-22(27)16-6-8-17(9-7-16)33(28,29)25(4)15(2)3/h5-9,13-15H,1,10-12H2,2-4H3. The number of thiazole rings is 1. The minimum absolute atomic E-state index is 0.129. The van der Waals surface area contributed by atoms with Crippen LogP contribution < -0.4 is 14.3 Å². The molecule has 8 nitrogen and oxygen atoms in total. The molecule has 174 valence electrons. The number of fused-ring (bicyclic) bond motifs is 2. The van der Waals surface area contributed by atoms with E-state index in [2.05, 4.69) is 11.6 Å². The van der Waals surface area contributed by atoms with Crippen LogP contribution >= 0.6 is 11.3 Å². The maximum atomic E-state index is 12.9. The minimum atomic E-state index is -3.62. The highest BCUT2D eigenvalue weighted by Gasteiger charge is 2.23. The molecule has 1 aliphatic rings. The van der Waals surface area contributed by atoms with Gasteiger partial charge < -0.3 is 14.0 Å². The minimum Gasteiger partial charge on any atom is -0.486 e. The van der Waals surface area contributed by atoms with Crippen LogP contribution in [0.15, 0.2) is 58.9 Å². The van der Waals surface area contributed by atoms with E-state index in [9.17, 15) is 13.2 Å². The second-order valence-corrected chi connectivity index (χ2v) is 10.8. The number of hydrogen-bond acceptors (Lipinski definition) is 6. The molecule has 33 heavy (non-hydrogen) atoms. The average Bonchev–Trinajstić information content (AvgIpc) is 3.12. The number of aromatic nitrogens is 1. The van der Waals surface area contributed by atoms with E-state index >= 15 is 0 Å². The van der Waals surface area contributed by atoms with Crippen molar-refractivity contribution in [3.8, 4) is 11.5 Å². The maximum absolute atomic E-state index is 12.9. The molecule has 2 aromatic carbocycles. The quantitative estimate of drug-likeness (QED) is 0.497. The van der Waals surface area contributed by atoms with Crippen molar-refractivity contribution >= 4 is 37.5 Å². The Morgan fingerprint density at radius 3 is 2.45 bits per heavy atom. The Morgan fingerprint density at radius 2 is 1.85 bits per heavy atom. The van der Waals surface area contributed by atoms with E-state index in [1.54, 1.807) is 19.9 Å². The summed E-state index contributed by atoms with van der Waals surface area (Å²) in [4.78, 5) is 17.9. The molecule has 0 N–H and O–H groups in total. The van der Waals surface area contributed by atoms with Gasteiger partial charge in [-0.3, -0.25) is 4.79 Å². The van der Waals surface area contributed by atoms with Gasteiger partial charge in [0.2, 0.25) is 10.0 Å². The third kappa shape index (κ3) is 4.46. The molecule has 1 amide bonds. The van der Waals surface area contributed by atoms with Gasteiger partial charge in [0.15, 0.2) is 16.3 Å². The number of allylic oxidation sites excluding steroid dienone is 1. The van der Waals surface area contributed by atoms with E-state index < -0.39 is 15.9 Å². The lowest BCUT2D eigenvalue weighted by molar-refractivity contribution is 0.0997. The van der Waals surface area contributed by atoms with Crippen LogP contribution in [0, 0.1) is 0 Å². The lowest BCUT2D eigenvalue weighted by Gasteiger charge is -2.20. The fraction of sp³-hybridized carbons (Fsp3) is 0.304. The number of sulfonamides is 1. The smallest absolute Gasteiger partial charge is 0.279 e. The van der Waals surface area contributed by atoms with Gasteiger partial charge >= 0.3 is 0 Å². The molecule has 0 atom stereocenters. The summed E-state index contributed by atoms with van der Waals surface area (Å²) in [5, 5.41) is 0. The Labute approximate surface area is 196 Å². The van der Waals surface area contributed by atoms with Crippen molar-refractivity contribution in [1.82, 2.24) is 8.87 Å². The molecule has 4 rings (SSSR count). The van der Waals surface area contributed by atoms with E-state index in [1.165, 1.54) is 47.0 Å². The summed E-state index contributed by atoms with van der Waals surface area (Å²) in [5.74, 6) is 0.866. The Bertz CT molecular complexity index is 1390. The van der Waals surface area contributed by atoms with Crippen LogP contribution in [-0.4, -0.2) is 49.5 Å². The lowest BCUT2D eigenvalue weighted by atomic mass is 10.2. The van der Waals surface area contributed by atoms with Crippen molar-refractivity contribution in [3.63, 3.8) is 0 Å². The number of benzene rings is 2. The van der Waals surface area contributed by atoms with E-state index in [4.69, 9.17) is 9.47 Å². The first kappa shape index (κ1) is 23.2. The molecule has 1 aromatic heterocycles. The van der Waals surface area contributed by atoms with Crippen molar-refractivity contribution in [2.45, 2.75) is 31.3 Å². The Kier molecular flexibility index (Phi) is 6.42. The highest BCUT2D eigenvalue weighted by molar-refractivity contribution is 7.89. The van der Waals surface area contributed by atoms with Crippen molar-refractivity contribution in [2.24, 2.45) is 4.99 Å². The topological polar surface area (TPSA) is 90.2 Å². The van der Waals surface area contributed by atoms with Crippen LogP contribution in [-0.2, 0) is 16.6 Å². The number of amides is 1. The van der Waals surface area contributed by atoms with Gasteiger partial charge in [-0.2, -0.15) is 9.30 Å². The molecule has 0 bridgehead atoms. The first-order chi connectivity index (χ1) is 15.7. The third-order valence-corrected chi connectivity index (χ3v) is 8.45. The highest BCUT2D eigenvalue weighted by atomic mass is 32.2. The lowest BCUT2D eigenvalue weighted by Crippen LogP contribution is -2.33. The van der Waals surface area contributed by atoms with Crippen molar-refractivity contribution in [3.05, 3.63) is 59.4 Å². The zero-order valence-corrected chi connectivity index (χ0v) is 20.3. The summed E-state index contributed by atoms with van der Waals surface area (Å²) in [6, 6.07) is 9.43. The molecule has 0 radical (unpaired) electrons. The molecule has 0 saturated carbocycles. The predicted octanol–water partition coefficient (Wildman–Crippen LogP) is 3.43. The molecule has 0 saturated heterocycles. The van der Waals surface area contributed by atoms with E-state index in [0.29, 0.717) is 41.6 Å². The molecule has 1 aliphatic heterocycles. The Morgan fingerprint density at radius 1 is 1.21 bits per heavy atom. The van der Waals surface area contributed by atoms with Crippen LogP contribution in [0.2, 0.25) is 0 Å². The summed E-state index contributed by atoms with van der Waals surface area (Å²) < 4.78 is 40.7. The fourth-order valence-electron chi connectivity index (χ4n) is 3.36. The Hall–Kier alpha value is -2.95. The maximum Gasteiger partial charge on any atom is 0.279 e. The summed E-state index contributed by atoms with van der Waals surface area (Å²) in [5.41, 5.74) is 1.17. The molecular formula is C23H25N3O5S2. The van der Waals surface area contributed by atoms with Crippen molar-refractivity contribution in [1.29, 1.82) is 0 Å². The second-order valence-electron chi connectivity index (χ2n) is 7.80. The van der Waals surface area contributed by atoms with Gasteiger partial charge in [-0.05, 0) is 38.1 Å². The van der Waals surface area contributed by atoms with Gasteiger partial charge in [-0.15, -0.1) is 6.58 Å². The summed E-state index contributed by atoms with van der Waals surface area (Å²) >= 11 is 1.36. The normalized spacial score (nSPS) is 14.3. The third-order valence-electron chi connectivity index (χ3n) is 5.36. The van der Waals surface area contributed by atoms with Crippen LogP contribution in [0.4, 0.5) is 0 Å². The summed E-state index contributed by atoms with van der Waals surface area (Å²) in [7, 11) is -2.09. The second kappa shape index (κ2) is 9.12. The number of hydrogen-bond donors (Lipinski definition) is 0. The number of ether oxygens (including phenoxy) is 2. The van der Waals surface area contributed by atoms with Crippen LogP contribution in [0.3, 0.4) is 0 Å².